The number of nitrogens with one attached hydrogen (secondary N) is 1. The van der Waals surface area contributed by atoms with Gasteiger partial charge in [0.2, 0.25) is 0 Å². The van der Waals surface area contributed by atoms with Crippen molar-refractivity contribution < 1.29 is 4.42 Å². The minimum Gasteiger partial charge on any atom is -0.464 e. The van der Waals surface area contributed by atoms with E-state index in [1.54, 1.807) is 0 Å². The van der Waals surface area contributed by atoms with Gasteiger partial charge in [-0.2, -0.15) is 0 Å². The molecule has 112 valence electrons. The number of benzene rings is 1. The summed E-state index contributed by atoms with van der Waals surface area (Å²) in [5.74, 6) is 1.95. The van der Waals surface area contributed by atoms with E-state index in [9.17, 15) is 0 Å². The summed E-state index contributed by atoms with van der Waals surface area (Å²) < 4.78 is 5.73. The lowest BCUT2D eigenvalue weighted by atomic mass is 10.1. The Kier molecular flexibility index (Phi) is 4.18. The van der Waals surface area contributed by atoms with E-state index in [-0.39, 0.29) is 6.04 Å². The molecule has 1 fully saturated rings. The minimum absolute atomic E-state index is 0.171. The first-order valence-corrected chi connectivity index (χ1v) is 7.91. The maximum Gasteiger partial charge on any atom is 0.126 e. The zero-order chi connectivity index (χ0) is 14.7. The molecule has 1 aromatic carbocycles. The van der Waals surface area contributed by atoms with Gasteiger partial charge in [0, 0.05) is 13.1 Å². The Morgan fingerprint density at radius 1 is 1.05 bits per heavy atom. The third kappa shape index (κ3) is 3.23. The summed E-state index contributed by atoms with van der Waals surface area (Å²) in [5, 5.41) is 3.60. The number of hydrogen-bond donors (Lipinski definition) is 1. The summed E-state index contributed by atoms with van der Waals surface area (Å²) in [5.41, 5.74) is 2.51. The van der Waals surface area contributed by atoms with E-state index in [0.29, 0.717) is 0 Å². The summed E-state index contributed by atoms with van der Waals surface area (Å²) in [6.07, 6.45) is 3.94. The van der Waals surface area contributed by atoms with Crippen LogP contribution >= 0.6 is 0 Å². The van der Waals surface area contributed by atoms with Gasteiger partial charge in [-0.05, 0) is 57.4 Å². The molecule has 1 unspecified atom stereocenters. The second-order valence-electron chi connectivity index (χ2n) is 5.88. The quantitative estimate of drug-likeness (QED) is 0.878. The van der Waals surface area contributed by atoms with Gasteiger partial charge in [-0.25, -0.2) is 0 Å². The Labute approximate surface area is 127 Å². The second kappa shape index (κ2) is 6.25. The number of nitrogens with zero attached hydrogens (tertiary/aromatic N) is 1. The first-order valence-electron chi connectivity index (χ1n) is 7.91. The summed E-state index contributed by atoms with van der Waals surface area (Å²) in [7, 11) is 0. The van der Waals surface area contributed by atoms with Crippen molar-refractivity contribution in [2.45, 2.75) is 39.2 Å². The van der Waals surface area contributed by atoms with E-state index >= 15 is 0 Å². The summed E-state index contributed by atoms with van der Waals surface area (Å²) >= 11 is 0. The van der Waals surface area contributed by atoms with Gasteiger partial charge in [0.1, 0.15) is 11.5 Å². The van der Waals surface area contributed by atoms with E-state index in [1.807, 2.05) is 13.0 Å². The molecule has 1 saturated heterocycles. The number of piperidine rings is 1. The first kappa shape index (κ1) is 14.1. The molecular formula is C18H24N2O. The van der Waals surface area contributed by atoms with Gasteiger partial charge in [0.25, 0.3) is 0 Å². The minimum atomic E-state index is 0.171. The fraction of sp³-hybridized carbons (Fsp3) is 0.444. The average Bonchev–Trinajstić information content (AvgIpc) is 2.95. The SMILES string of the molecule is Cc1ccc(C(C)Nc2ccccc2N2CCCCC2)o1. The van der Waals surface area contributed by atoms with E-state index in [0.717, 1.165) is 24.6 Å². The molecule has 21 heavy (non-hydrogen) atoms. The molecule has 1 aliphatic heterocycles. The number of furan rings is 1. The first-order chi connectivity index (χ1) is 10.2. The highest BCUT2D eigenvalue weighted by Gasteiger charge is 2.16. The van der Waals surface area contributed by atoms with Crippen molar-refractivity contribution in [3.05, 3.63) is 47.9 Å². The Morgan fingerprint density at radius 2 is 1.81 bits per heavy atom. The maximum absolute atomic E-state index is 5.73. The van der Waals surface area contributed by atoms with Crippen LogP contribution in [-0.2, 0) is 0 Å². The van der Waals surface area contributed by atoms with Crippen LogP contribution in [0.3, 0.4) is 0 Å². The van der Waals surface area contributed by atoms with Gasteiger partial charge in [0.15, 0.2) is 0 Å². The topological polar surface area (TPSA) is 28.4 Å². The molecule has 3 nitrogen and oxygen atoms in total. The third-order valence-corrected chi connectivity index (χ3v) is 4.16. The van der Waals surface area contributed by atoms with Crippen LogP contribution in [0.5, 0.6) is 0 Å². The monoisotopic (exact) mass is 284 g/mol. The zero-order valence-electron chi connectivity index (χ0n) is 12.9. The largest absolute Gasteiger partial charge is 0.464 e. The highest BCUT2D eigenvalue weighted by molar-refractivity contribution is 5.70. The van der Waals surface area contributed by atoms with Crippen molar-refractivity contribution >= 4 is 11.4 Å². The molecule has 2 heterocycles. The smallest absolute Gasteiger partial charge is 0.126 e. The molecule has 1 aromatic heterocycles. The van der Waals surface area contributed by atoms with Crippen LogP contribution in [0.2, 0.25) is 0 Å². The summed E-state index contributed by atoms with van der Waals surface area (Å²) in [6, 6.07) is 12.8. The number of para-hydroxylation sites is 2. The van der Waals surface area contributed by atoms with Crippen LogP contribution in [0.1, 0.15) is 43.7 Å². The number of anilines is 2. The maximum atomic E-state index is 5.73. The molecule has 3 heteroatoms. The molecule has 1 atom stereocenters. The number of rotatable bonds is 4. The van der Waals surface area contributed by atoms with Crippen LogP contribution in [0.4, 0.5) is 11.4 Å². The van der Waals surface area contributed by atoms with E-state index in [1.165, 1.54) is 30.6 Å². The molecular weight excluding hydrogens is 260 g/mol. The fourth-order valence-electron chi connectivity index (χ4n) is 3.00. The van der Waals surface area contributed by atoms with E-state index < -0.39 is 0 Å². The van der Waals surface area contributed by atoms with Crippen LogP contribution in [0.25, 0.3) is 0 Å². The Hall–Kier alpha value is -1.90. The van der Waals surface area contributed by atoms with Crippen LogP contribution in [0.15, 0.2) is 40.8 Å². The molecule has 2 aromatic rings. The predicted octanol–water partition coefficient (Wildman–Crippen LogP) is 4.75. The molecule has 0 aliphatic carbocycles. The van der Waals surface area contributed by atoms with Crippen molar-refractivity contribution in [3.8, 4) is 0 Å². The van der Waals surface area contributed by atoms with Crippen molar-refractivity contribution in [2.24, 2.45) is 0 Å². The fourth-order valence-corrected chi connectivity index (χ4v) is 3.00. The molecule has 1 N–H and O–H groups in total. The number of hydrogen-bond acceptors (Lipinski definition) is 3. The van der Waals surface area contributed by atoms with Gasteiger partial charge < -0.3 is 14.6 Å². The predicted molar refractivity (Wildman–Crippen MR) is 88.0 cm³/mol. The Bertz CT molecular complexity index is 584. The molecule has 0 radical (unpaired) electrons. The van der Waals surface area contributed by atoms with Gasteiger partial charge in [-0.3, -0.25) is 0 Å². The lowest BCUT2D eigenvalue weighted by Gasteiger charge is -2.31. The Morgan fingerprint density at radius 3 is 2.52 bits per heavy atom. The van der Waals surface area contributed by atoms with Crippen LogP contribution < -0.4 is 10.2 Å². The molecule has 0 spiro atoms. The Balaban J connectivity index is 1.78. The van der Waals surface area contributed by atoms with Gasteiger partial charge in [-0.15, -0.1) is 0 Å². The third-order valence-electron chi connectivity index (χ3n) is 4.16. The van der Waals surface area contributed by atoms with Gasteiger partial charge >= 0.3 is 0 Å². The summed E-state index contributed by atoms with van der Waals surface area (Å²) in [4.78, 5) is 2.49. The van der Waals surface area contributed by atoms with Gasteiger partial charge in [0.05, 0.1) is 17.4 Å². The molecule has 0 bridgehead atoms. The van der Waals surface area contributed by atoms with Crippen molar-refractivity contribution in [2.75, 3.05) is 23.3 Å². The zero-order valence-corrected chi connectivity index (χ0v) is 12.9. The lowest BCUT2D eigenvalue weighted by molar-refractivity contribution is 0.467. The normalized spacial score (nSPS) is 16.8. The molecule has 1 aliphatic rings. The standard InChI is InChI=1S/C18H24N2O/c1-14-10-11-18(21-14)15(2)19-16-8-4-5-9-17(16)20-12-6-3-7-13-20/h4-5,8-11,15,19H,3,6-7,12-13H2,1-2H3. The highest BCUT2D eigenvalue weighted by atomic mass is 16.3. The van der Waals surface area contributed by atoms with Gasteiger partial charge in [-0.1, -0.05) is 12.1 Å². The van der Waals surface area contributed by atoms with Crippen molar-refractivity contribution in [1.82, 2.24) is 0 Å². The second-order valence-corrected chi connectivity index (χ2v) is 5.88. The van der Waals surface area contributed by atoms with Crippen molar-refractivity contribution in [1.29, 1.82) is 0 Å². The van der Waals surface area contributed by atoms with Crippen molar-refractivity contribution in [3.63, 3.8) is 0 Å². The van der Waals surface area contributed by atoms with Crippen LogP contribution in [0, 0.1) is 6.92 Å². The van der Waals surface area contributed by atoms with E-state index in [2.05, 4.69) is 47.5 Å². The number of aryl methyl sites for hydroxylation is 1. The molecule has 3 rings (SSSR count). The summed E-state index contributed by atoms with van der Waals surface area (Å²) in [6.45, 7) is 6.45. The molecule has 0 amide bonds. The van der Waals surface area contributed by atoms with Crippen LogP contribution in [-0.4, -0.2) is 13.1 Å². The van der Waals surface area contributed by atoms with E-state index in [4.69, 9.17) is 4.42 Å². The highest BCUT2D eigenvalue weighted by Crippen LogP contribution is 2.31. The average molecular weight is 284 g/mol. The lowest BCUT2D eigenvalue weighted by Crippen LogP contribution is -2.30. The molecule has 0 saturated carbocycles.